The summed E-state index contributed by atoms with van der Waals surface area (Å²) in [6, 6.07) is 22.8. The first kappa shape index (κ1) is 20.8. The van der Waals surface area contributed by atoms with Crippen molar-refractivity contribution in [1.82, 2.24) is 5.32 Å². The van der Waals surface area contributed by atoms with E-state index in [4.69, 9.17) is 9.84 Å². The van der Waals surface area contributed by atoms with Crippen molar-refractivity contribution >= 4 is 33.8 Å². The lowest BCUT2D eigenvalue weighted by Crippen LogP contribution is -2.28. The second kappa shape index (κ2) is 10.0. The number of carbonyl (C=O) groups is 1. The van der Waals surface area contributed by atoms with E-state index in [0.29, 0.717) is 0 Å². The SMILES string of the molecule is COc1ccc(C=Nc2ccc(Br)cc2[C@@H](NCC(=O)O)c2ccccc2)cc1. The first-order valence-electron chi connectivity index (χ1n) is 9.04. The van der Waals surface area contributed by atoms with Gasteiger partial charge < -0.3 is 9.84 Å². The molecule has 0 bridgehead atoms. The van der Waals surface area contributed by atoms with Crippen LogP contribution in [-0.4, -0.2) is 30.9 Å². The Morgan fingerprint density at radius 1 is 1.14 bits per heavy atom. The molecule has 0 spiro atoms. The summed E-state index contributed by atoms with van der Waals surface area (Å²) in [7, 11) is 1.63. The van der Waals surface area contributed by atoms with Gasteiger partial charge in [0.25, 0.3) is 0 Å². The van der Waals surface area contributed by atoms with E-state index in [-0.39, 0.29) is 12.6 Å². The summed E-state index contributed by atoms with van der Waals surface area (Å²) >= 11 is 3.52. The van der Waals surface area contributed by atoms with E-state index >= 15 is 0 Å². The van der Waals surface area contributed by atoms with Crippen molar-refractivity contribution in [3.63, 3.8) is 0 Å². The molecule has 0 aromatic heterocycles. The fraction of sp³-hybridized carbons (Fsp3) is 0.130. The Balaban J connectivity index is 1.98. The van der Waals surface area contributed by atoms with Gasteiger partial charge >= 0.3 is 5.97 Å². The van der Waals surface area contributed by atoms with Crippen molar-refractivity contribution in [2.75, 3.05) is 13.7 Å². The molecule has 0 radical (unpaired) electrons. The summed E-state index contributed by atoms with van der Waals surface area (Å²) < 4.78 is 6.08. The van der Waals surface area contributed by atoms with Gasteiger partial charge in [0, 0.05) is 16.3 Å². The van der Waals surface area contributed by atoms with Crippen molar-refractivity contribution in [3.8, 4) is 5.75 Å². The van der Waals surface area contributed by atoms with Crippen LogP contribution >= 0.6 is 15.9 Å². The monoisotopic (exact) mass is 452 g/mol. The van der Waals surface area contributed by atoms with Crippen LogP contribution in [0.2, 0.25) is 0 Å². The third kappa shape index (κ3) is 5.76. The number of nitrogens with zero attached hydrogens (tertiary/aromatic N) is 1. The molecule has 0 aliphatic heterocycles. The topological polar surface area (TPSA) is 70.9 Å². The van der Waals surface area contributed by atoms with Gasteiger partial charge in [-0.2, -0.15) is 0 Å². The van der Waals surface area contributed by atoms with Gasteiger partial charge in [-0.15, -0.1) is 0 Å². The number of carboxylic acid groups (broad SMARTS) is 1. The van der Waals surface area contributed by atoms with E-state index < -0.39 is 5.97 Å². The van der Waals surface area contributed by atoms with Crippen LogP contribution in [0.5, 0.6) is 5.75 Å². The van der Waals surface area contributed by atoms with Gasteiger partial charge in [0.05, 0.1) is 25.4 Å². The molecule has 6 heteroatoms. The van der Waals surface area contributed by atoms with Gasteiger partial charge in [0.15, 0.2) is 0 Å². The number of hydrogen-bond donors (Lipinski definition) is 2. The largest absolute Gasteiger partial charge is 0.497 e. The highest BCUT2D eigenvalue weighted by Crippen LogP contribution is 2.33. The predicted octanol–water partition coefficient (Wildman–Crippen LogP) is 4.97. The second-order valence-corrected chi connectivity index (χ2v) is 7.27. The highest BCUT2D eigenvalue weighted by atomic mass is 79.9. The second-order valence-electron chi connectivity index (χ2n) is 6.35. The molecular weight excluding hydrogens is 432 g/mol. The fourth-order valence-corrected chi connectivity index (χ4v) is 3.33. The lowest BCUT2D eigenvalue weighted by atomic mass is 9.97. The van der Waals surface area contributed by atoms with Crippen LogP contribution in [0.15, 0.2) is 82.3 Å². The van der Waals surface area contributed by atoms with Crippen LogP contribution in [0.4, 0.5) is 5.69 Å². The predicted molar refractivity (Wildman–Crippen MR) is 118 cm³/mol. The minimum atomic E-state index is -0.913. The number of hydrogen-bond acceptors (Lipinski definition) is 4. The molecule has 0 saturated heterocycles. The molecule has 5 nitrogen and oxygen atoms in total. The number of nitrogens with one attached hydrogen (secondary N) is 1. The molecular formula is C23H21BrN2O3. The highest BCUT2D eigenvalue weighted by molar-refractivity contribution is 9.10. The average molecular weight is 453 g/mol. The zero-order valence-electron chi connectivity index (χ0n) is 15.9. The van der Waals surface area contributed by atoms with Crippen LogP contribution in [0.25, 0.3) is 0 Å². The Morgan fingerprint density at radius 2 is 1.86 bits per heavy atom. The molecule has 3 aromatic rings. The molecule has 0 amide bonds. The molecule has 0 fully saturated rings. The first-order valence-corrected chi connectivity index (χ1v) is 9.84. The molecule has 2 N–H and O–H groups in total. The molecule has 3 rings (SSSR count). The number of aliphatic carboxylic acids is 1. The maximum Gasteiger partial charge on any atom is 0.317 e. The molecule has 0 aliphatic rings. The van der Waals surface area contributed by atoms with Crippen molar-refractivity contribution < 1.29 is 14.6 Å². The Labute approximate surface area is 178 Å². The Bertz CT molecular complexity index is 989. The molecule has 3 aromatic carbocycles. The highest BCUT2D eigenvalue weighted by Gasteiger charge is 2.18. The third-order valence-electron chi connectivity index (χ3n) is 4.36. The van der Waals surface area contributed by atoms with Gasteiger partial charge in [0.2, 0.25) is 0 Å². The van der Waals surface area contributed by atoms with Gasteiger partial charge in [-0.3, -0.25) is 15.1 Å². The van der Waals surface area contributed by atoms with Crippen molar-refractivity contribution in [2.24, 2.45) is 4.99 Å². The average Bonchev–Trinajstić information content (AvgIpc) is 2.74. The summed E-state index contributed by atoms with van der Waals surface area (Å²) in [6.45, 7) is -0.159. The maximum atomic E-state index is 11.2. The Morgan fingerprint density at radius 3 is 2.52 bits per heavy atom. The van der Waals surface area contributed by atoms with Gasteiger partial charge in [-0.25, -0.2) is 0 Å². The first-order chi connectivity index (χ1) is 14.1. The zero-order chi connectivity index (χ0) is 20.6. The molecule has 0 unspecified atom stereocenters. The summed E-state index contributed by atoms with van der Waals surface area (Å²) in [5.74, 6) is -0.127. The Kier molecular flexibility index (Phi) is 7.16. The number of methoxy groups -OCH3 is 1. The minimum absolute atomic E-state index is 0.159. The van der Waals surface area contributed by atoms with Crippen LogP contribution in [-0.2, 0) is 4.79 Å². The quantitative estimate of drug-likeness (QED) is 0.473. The van der Waals surface area contributed by atoms with Gasteiger partial charge in [-0.05, 0) is 53.6 Å². The lowest BCUT2D eigenvalue weighted by molar-refractivity contribution is -0.136. The van der Waals surface area contributed by atoms with E-state index in [1.54, 1.807) is 13.3 Å². The number of rotatable bonds is 8. The number of ether oxygens (including phenoxy) is 1. The van der Waals surface area contributed by atoms with Crippen molar-refractivity contribution in [2.45, 2.75) is 6.04 Å². The summed E-state index contributed by atoms with van der Waals surface area (Å²) in [5, 5.41) is 12.3. The lowest BCUT2D eigenvalue weighted by Gasteiger charge is -2.21. The van der Waals surface area contributed by atoms with E-state index in [1.807, 2.05) is 72.8 Å². The molecule has 0 saturated carbocycles. The fourth-order valence-electron chi connectivity index (χ4n) is 2.95. The molecule has 29 heavy (non-hydrogen) atoms. The smallest absolute Gasteiger partial charge is 0.317 e. The molecule has 1 atom stereocenters. The number of carboxylic acids is 1. The Hall–Kier alpha value is -2.96. The van der Waals surface area contributed by atoms with E-state index in [9.17, 15) is 4.79 Å². The van der Waals surface area contributed by atoms with E-state index in [0.717, 1.165) is 32.6 Å². The van der Waals surface area contributed by atoms with Crippen LogP contribution in [0, 0.1) is 0 Å². The summed E-state index contributed by atoms with van der Waals surface area (Å²) in [6.07, 6.45) is 1.78. The van der Waals surface area contributed by atoms with E-state index in [1.165, 1.54) is 0 Å². The normalized spacial score (nSPS) is 12.1. The molecule has 0 heterocycles. The third-order valence-corrected chi connectivity index (χ3v) is 4.85. The minimum Gasteiger partial charge on any atom is -0.497 e. The zero-order valence-corrected chi connectivity index (χ0v) is 17.5. The van der Waals surface area contributed by atoms with Crippen molar-refractivity contribution in [1.29, 1.82) is 0 Å². The number of benzene rings is 3. The van der Waals surface area contributed by atoms with Gasteiger partial charge in [-0.1, -0.05) is 46.3 Å². The van der Waals surface area contributed by atoms with Crippen LogP contribution in [0.3, 0.4) is 0 Å². The standard InChI is InChI=1S/C23H21BrN2O3/c1-29-19-10-7-16(8-11-19)14-25-21-12-9-18(24)13-20(21)23(26-15-22(27)28)17-5-3-2-4-6-17/h2-14,23,26H,15H2,1H3,(H,27,28)/t23-/m0/s1. The molecule has 0 aliphatic carbocycles. The maximum absolute atomic E-state index is 11.2. The number of aliphatic imine (C=N–C) groups is 1. The summed E-state index contributed by atoms with van der Waals surface area (Å²) in [5.41, 5.74) is 3.55. The van der Waals surface area contributed by atoms with Crippen molar-refractivity contribution in [3.05, 3.63) is 94.0 Å². The van der Waals surface area contributed by atoms with Crippen LogP contribution < -0.4 is 10.1 Å². The van der Waals surface area contributed by atoms with Crippen LogP contribution in [0.1, 0.15) is 22.7 Å². The number of halogens is 1. The van der Waals surface area contributed by atoms with Gasteiger partial charge in [0.1, 0.15) is 5.75 Å². The summed E-state index contributed by atoms with van der Waals surface area (Å²) in [4.78, 5) is 15.8. The molecule has 148 valence electrons. The van der Waals surface area contributed by atoms with E-state index in [2.05, 4.69) is 26.2 Å².